The maximum absolute atomic E-state index is 10.1. The lowest BCUT2D eigenvalue weighted by Gasteiger charge is -2.32. The largest absolute Gasteiger partial charge is 0.396 e. The molecule has 1 fully saturated rings. The summed E-state index contributed by atoms with van der Waals surface area (Å²) >= 11 is 6.44. The van der Waals surface area contributed by atoms with Crippen LogP contribution in [0.15, 0.2) is 42.5 Å². The predicted molar refractivity (Wildman–Crippen MR) is 103 cm³/mol. The molecule has 2 aromatic carbocycles. The van der Waals surface area contributed by atoms with Crippen molar-refractivity contribution >= 4 is 11.6 Å². The number of aryl methyl sites for hydroxylation is 1. The zero-order valence-corrected chi connectivity index (χ0v) is 15.5. The monoisotopic (exact) mass is 358 g/mol. The highest BCUT2D eigenvalue weighted by molar-refractivity contribution is 6.31. The summed E-state index contributed by atoms with van der Waals surface area (Å²) in [5, 5.41) is 20.4. The van der Waals surface area contributed by atoms with Gasteiger partial charge in [-0.25, -0.2) is 0 Å². The van der Waals surface area contributed by atoms with Gasteiger partial charge in [-0.1, -0.05) is 54.9 Å². The van der Waals surface area contributed by atoms with E-state index in [4.69, 9.17) is 11.6 Å². The fourth-order valence-electron chi connectivity index (χ4n) is 3.92. The van der Waals surface area contributed by atoms with Crippen LogP contribution in [-0.2, 0) is 12.8 Å². The number of halogens is 1. The summed E-state index contributed by atoms with van der Waals surface area (Å²) in [5.74, 6) is 0.480. The molecule has 1 saturated carbocycles. The van der Waals surface area contributed by atoms with Gasteiger partial charge >= 0.3 is 0 Å². The molecule has 3 unspecified atom stereocenters. The summed E-state index contributed by atoms with van der Waals surface area (Å²) in [6, 6.07) is 14.9. The van der Waals surface area contributed by atoms with E-state index in [0.717, 1.165) is 36.3 Å². The lowest BCUT2D eigenvalue weighted by Crippen LogP contribution is -2.27. The average Bonchev–Trinajstić information content (AvgIpc) is 2.63. The number of benzene rings is 2. The van der Waals surface area contributed by atoms with E-state index < -0.39 is 0 Å². The highest BCUT2D eigenvalue weighted by Crippen LogP contribution is 2.37. The highest BCUT2D eigenvalue weighted by Gasteiger charge is 2.28. The minimum absolute atomic E-state index is 0.151. The zero-order chi connectivity index (χ0) is 17.8. The molecule has 3 rings (SSSR count). The van der Waals surface area contributed by atoms with Crippen LogP contribution in [0.4, 0.5) is 0 Å². The molecule has 25 heavy (non-hydrogen) atoms. The predicted octanol–water partition coefficient (Wildman–Crippen LogP) is 4.73. The van der Waals surface area contributed by atoms with Crippen LogP contribution in [0.25, 0.3) is 0 Å². The second-order valence-corrected chi connectivity index (χ2v) is 7.71. The van der Waals surface area contributed by atoms with Gasteiger partial charge in [0.25, 0.3) is 0 Å². The van der Waals surface area contributed by atoms with E-state index in [0.29, 0.717) is 12.3 Å². The maximum atomic E-state index is 10.1. The minimum atomic E-state index is -0.323. The van der Waals surface area contributed by atoms with Gasteiger partial charge in [0.05, 0.1) is 6.10 Å². The van der Waals surface area contributed by atoms with Crippen molar-refractivity contribution in [1.82, 2.24) is 0 Å². The standard InChI is InChI=1S/C22H27ClO2/c1-2-15-3-5-16(6-4-15)9-20-12-18(7-8-22(20)23)19-10-17(14-24)11-21(25)13-19/h3-8,12,17,19,21,24-25H,2,9-11,13-14H2,1H3. The molecule has 0 heterocycles. The van der Waals surface area contributed by atoms with Crippen LogP contribution < -0.4 is 0 Å². The summed E-state index contributed by atoms with van der Waals surface area (Å²) < 4.78 is 0. The van der Waals surface area contributed by atoms with E-state index in [2.05, 4.69) is 43.3 Å². The SMILES string of the molecule is CCc1ccc(Cc2cc(C3CC(O)CC(CO)C3)ccc2Cl)cc1. The lowest BCUT2D eigenvalue weighted by atomic mass is 9.76. The number of hydrogen-bond acceptors (Lipinski definition) is 2. The van der Waals surface area contributed by atoms with Crippen molar-refractivity contribution in [2.24, 2.45) is 5.92 Å². The summed E-state index contributed by atoms with van der Waals surface area (Å²) in [5.41, 5.74) is 4.95. The molecular formula is C22H27ClO2. The Hall–Kier alpha value is -1.35. The fourth-order valence-corrected chi connectivity index (χ4v) is 4.11. The Morgan fingerprint density at radius 3 is 2.40 bits per heavy atom. The third kappa shape index (κ3) is 4.63. The molecule has 0 aromatic heterocycles. The number of rotatable bonds is 5. The van der Waals surface area contributed by atoms with Crippen molar-refractivity contribution in [2.75, 3.05) is 6.61 Å². The van der Waals surface area contributed by atoms with Gasteiger partial charge in [0.15, 0.2) is 0 Å². The molecule has 2 nitrogen and oxygen atoms in total. The van der Waals surface area contributed by atoms with E-state index in [1.54, 1.807) is 0 Å². The van der Waals surface area contributed by atoms with Gasteiger partial charge in [-0.2, -0.15) is 0 Å². The second kappa shape index (κ2) is 8.35. The Bertz CT molecular complexity index is 696. The molecule has 0 aliphatic heterocycles. The van der Waals surface area contributed by atoms with Gasteiger partial charge < -0.3 is 10.2 Å². The molecule has 2 aromatic rings. The van der Waals surface area contributed by atoms with Crippen molar-refractivity contribution in [3.8, 4) is 0 Å². The first kappa shape index (κ1) is 18.4. The van der Waals surface area contributed by atoms with Gasteiger partial charge in [-0.05, 0) is 72.3 Å². The third-order valence-electron chi connectivity index (χ3n) is 5.41. The summed E-state index contributed by atoms with van der Waals surface area (Å²) in [6.45, 7) is 2.31. The first-order valence-electron chi connectivity index (χ1n) is 9.24. The molecule has 0 amide bonds. The topological polar surface area (TPSA) is 40.5 Å². The lowest BCUT2D eigenvalue weighted by molar-refractivity contribution is 0.0650. The van der Waals surface area contributed by atoms with Crippen LogP contribution in [0, 0.1) is 5.92 Å². The van der Waals surface area contributed by atoms with Gasteiger partial charge in [0.2, 0.25) is 0 Å². The number of aliphatic hydroxyl groups excluding tert-OH is 2. The summed E-state index contributed by atoms with van der Waals surface area (Å²) in [4.78, 5) is 0. The normalized spacial score (nSPS) is 23.6. The number of hydrogen-bond donors (Lipinski definition) is 2. The molecule has 134 valence electrons. The van der Waals surface area contributed by atoms with E-state index in [-0.39, 0.29) is 18.6 Å². The molecule has 1 aliphatic rings. The van der Waals surface area contributed by atoms with Crippen LogP contribution in [-0.4, -0.2) is 22.9 Å². The number of aliphatic hydroxyl groups is 2. The van der Waals surface area contributed by atoms with Crippen molar-refractivity contribution in [3.05, 3.63) is 69.7 Å². The molecule has 3 heteroatoms. The van der Waals surface area contributed by atoms with Crippen LogP contribution in [0.2, 0.25) is 5.02 Å². The van der Waals surface area contributed by atoms with Crippen LogP contribution in [0.5, 0.6) is 0 Å². The molecule has 0 bridgehead atoms. The van der Waals surface area contributed by atoms with Crippen molar-refractivity contribution in [1.29, 1.82) is 0 Å². The molecule has 2 N–H and O–H groups in total. The van der Waals surface area contributed by atoms with Crippen LogP contribution in [0.3, 0.4) is 0 Å². The van der Waals surface area contributed by atoms with E-state index >= 15 is 0 Å². The minimum Gasteiger partial charge on any atom is -0.396 e. The second-order valence-electron chi connectivity index (χ2n) is 7.30. The smallest absolute Gasteiger partial charge is 0.0549 e. The third-order valence-corrected chi connectivity index (χ3v) is 5.77. The van der Waals surface area contributed by atoms with Crippen molar-refractivity contribution in [3.63, 3.8) is 0 Å². The van der Waals surface area contributed by atoms with E-state index in [9.17, 15) is 10.2 Å². The van der Waals surface area contributed by atoms with Gasteiger partial charge in [0.1, 0.15) is 0 Å². The molecule has 1 aliphatic carbocycles. The summed E-state index contributed by atoms with van der Waals surface area (Å²) in [6.07, 6.45) is 3.94. The Balaban J connectivity index is 1.79. The molecule has 0 spiro atoms. The first-order valence-corrected chi connectivity index (χ1v) is 9.61. The Labute approximate surface area is 155 Å². The highest BCUT2D eigenvalue weighted by atomic mass is 35.5. The van der Waals surface area contributed by atoms with E-state index in [1.807, 2.05) is 6.07 Å². The van der Waals surface area contributed by atoms with Gasteiger partial charge in [-0.15, -0.1) is 0 Å². The molecule has 0 radical (unpaired) electrons. The van der Waals surface area contributed by atoms with Crippen LogP contribution in [0.1, 0.15) is 54.4 Å². The first-order chi connectivity index (χ1) is 12.1. The van der Waals surface area contributed by atoms with E-state index in [1.165, 1.54) is 16.7 Å². The van der Waals surface area contributed by atoms with Gasteiger partial charge in [0, 0.05) is 11.6 Å². The quantitative estimate of drug-likeness (QED) is 0.811. The Morgan fingerprint density at radius 1 is 1.00 bits per heavy atom. The Kier molecular flexibility index (Phi) is 6.16. The molecule has 0 saturated heterocycles. The molecule has 3 atom stereocenters. The molecular weight excluding hydrogens is 332 g/mol. The average molecular weight is 359 g/mol. The van der Waals surface area contributed by atoms with Crippen molar-refractivity contribution < 1.29 is 10.2 Å². The summed E-state index contributed by atoms with van der Waals surface area (Å²) in [7, 11) is 0. The Morgan fingerprint density at radius 2 is 1.72 bits per heavy atom. The van der Waals surface area contributed by atoms with Crippen LogP contribution >= 0.6 is 11.6 Å². The fraction of sp³-hybridized carbons (Fsp3) is 0.455. The van der Waals surface area contributed by atoms with Gasteiger partial charge in [-0.3, -0.25) is 0 Å². The van der Waals surface area contributed by atoms with Crippen molar-refractivity contribution in [2.45, 2.75) is 51.0 Å². The maximum Gasteiger partial charge on any atom is 0.0549 e. The zero-order valence-electron chi connectivity index (χ0n) is 14.8.